The highest BCUT2D eigenvalue weighted by Gasteiger charge is 2.17. The average Bonchev–Trinajstić information content (AvgIpc) is 2.11. The van der Waals surface area contributed by atoms with Gasteiger partial charge in [-0.3, -0.25) is 0 Å². The van der Waals surface area contributed by atoms with Gasteiger partial charge in [-0.1, -0.05) is 25.6 Å². The molecule has 0 spiro atoms. The summed E-state index contributed by atoms with van der Waals surface area (Å²) < 4.78 is 4.85. The fourth-order valence-corrected chi connectivity index (χ4v) is 3.06. The Hall–Kier alpha value is -0.123. The van der Waals surface area contributed by atoms with E-state index in [0.29, 0.717) is 0 Å². The maximum Gasteiger partial charge on any atom is 0.258 e. The third kappa shape index (κ3) is 3.52. The van der Waals surface area contributed by atoms with E-state index in [4.69, 9.17) is 0 Å². The van der Waals surface area contributed by atoms with E-state index in [0.717, 1.165) is 13.1 Å². The molecule has 0 aliphatic carbocycles. The van der Waals surface area contributed by atoms with E-state index in [1.165, 1.54) is 0 Å². The van der Waals surface area contributed by atoms with Crippen molar-refractivity contribution < 1.29 is 0 Å². The first-order valence-corrected chi connectivity index (χ1v) is 6.06. The minimum absolute atomic E-state index is 0.567. The predicted octanol–water partition coefficient (Wildman–Crippen LogP) is 1.49. The number of hydrogen-bond acceptors (Lipinski definition) is 2. The molecular weight excluding hydrogens is 164 g/mol. The Labute approximate surface area is 78.6 Å². The molecule has 71 valence electrons. The lowest BCUT2D eigenvalue weighted by Crippen LogP contribution is -2.48. The first-order valence-electron chi connectivity index (χ1n) is 4.59. The SMILES string of the molecule is CC=C[Si](N(C)CC)N(C)CC. The smallest absolute Gasteiger partial charge is 0.258 e. The Morgan fingerprint density at radius 1 is 1.08 bits per heavy atom. The van der Waals surface area contributed by atoms with Crippen molar-refractivity contribution in [3.8, 4) is 0 Å². The maximum atomic E-state index is 2.42. The molecule has 0 fully saturated rings. The zero-order chi connectivity index (χ0) is 9.56. The maximum absolute atomic E-state index is 2.42. The number of allylic oxidation sites excluding steroid dienone is 1. The molecule has 12 heavy (non-hydrogen) atoms. The summed E-state index contributed by atoms with van der Waals surface area (Å²) in [6, 6.07) is 0. The first kappa shape index (κ1) is 11.9. The van der Waals surface area contributed by atoms with Gasteiger partial charge in [-0.25, -0.2) is 0 Å². The van der Waals surface area contributed by atoms with E-state index in [-0.39, 0.29) is 0 Å². The molecule has 0 heterocycles. The molecule has 0 amide bonds. The van der Waals surface area contributed by atoms with Crippen LogP contribution in [0.4, 0.5) is 0 Å². The fraction of sp³-hybridized carbons (Fsp3) is 0.778. The van der Waals surface area contributed by atoms with Gasteiger partial charge in [0.1, 0.15) is 0 Å². The highest BCUT2D eigenvalue weighted by Crippen LogP contribution is 1.98. The molecule has 2 nitrogen and oxygen atoms in total. The third-order valence-corrected chi connectivity index (χ3v) is 4.87. The van der Waals surface area contributed by atoms with Gasteiger partial charge in [0.15, 0.2) is 0 Å². The van der Waals surface area contributed by atoms with Gasteiger partial charge < -0.3 is 9.13 Å². The Kier molecular flexibility index (Phi) is 6.33. The van der Waals surface area contributed by atoms with Crippen LogP contribution in [-0.2, 0) is 0 Å². The van der Waals surface area contributed by atoms with Crippen LogP contribution in [-0.4, -0.2) is 45.4 Å². The minimum Gasteiger partial charge on any atom is -0.311 e. The summed E-state index contributed by atoms with van der Waals surface area (Å²) in [7, 11) is 3.82. The topological polar surface area (TPSA) is 6.48 Å². The zero-order valence-electron chi connectivity index (χ0n) is 8.96. The molecule has 0 saturated carbocycles. The van der Waals surface area contributed by atoms with Crippen molar-refractivity contribution >= 4 is 9.12 Å². The normalized spacial score (nSPS) is 12.7. The molecule has 0 N–H and O–H groups in total. The van der Waals surface area contributed by atoms with E-state index >= 15 is 0 Å². The molecule has 0 aliphatic rings. The van der Waals surface area contributed by atoms with Crippen LogP contribution >= 0.6 is 0 Å². The molecule has 0 rings (SSSR count). The van der Waals surface area contributed by atoms with Crippen molar-refractivity contribution in [3.05, 3.63) is 11.8 Å². The van der Waals surface area contributed by atoms with Crippen LogP contribution in [0.25, 0.3) is 0 Å². The van der Waals surface area contributed by atoms with E-state index in [2.05, 4.69) is 55.8 Å². The summed E-state index contributed by atoms with van der Waals surface area (Å²) in [4.78, 5) is 0. The van der Waals surface area contributed by atoms with Crippen LogP contribution in [0.1, 0.15) is 20.8 Å². The molecular formula is C9H21N2Si. The van der Waals surface area contributed by atoms with Gasteiger partial charge in [-0.2, -0.15) is 0 Å². The Balaban J connectivity index is 4.20. The van der Waals surface area contributed by atoms with E-state index in [1.807, 2.05) is 0 Å². The third-order valence-electron chi connectivity index (χ3n) is 2.05. The molecule has 0 aromatic carbocycles. The average molecular weight is 185 g/mol. The zero-order valence-corrected chi connectivity index (χ0v) is 9.96. The van der Waals surface area contributed by atoms with Crippen molar-refractivity contribution in [3.63, 3.8) is 0 Å². The molecule has 0 unspecified atom stereocenters. The van der Waals surface area contributed by atoms with E-state index in [9.17, 15) is 0 Å². The molecule has 0 aromatic rings. The van der Waals surface area contributed by atoms with Gasteiger partial charge in [0.2, 0.25) is 0 Å². The highest BCUT2D eigenvalue weighted by molar-refractivity contribution is 6.58. The van der Waals surface area contributed by atoms with Gasteiger partial charge in [0.05, 0.1) is 0 Å². The van der Waals surface area contributed by atoms with E-state index < -0.39 is 9.12 Å². The number of nitrogens with zero attached hydrogens (tertiary/aromatic N) is 2. The van der Waals surface area contributed by atoms with Crippen molar-refractivity contribution in [2.75, 3.05) is 27.2 Å². The number of rotatable bonds is 5. The summed E-state index contributed by atoms with van der Waals surface area (Å²) >= 11 is 0. The molecule has 1 radical (unpaired) electrons. The van der Waals surface area contributed by atoms with Crippen molar-refractivity contribution in [2.24, 2.45) is 0 Å². The molecule has 3 heteroatoms. The summed E-state index contributed by atoms with van der Waals surface area (Å²) in [6.45, 7) is 8.76. The minimum atomic E-state index is -0.567. The predicted molar refractivity (Wildman–Crippen MR) is 57.2 cm³/mol. The molecule has 0 aliphatic heterocycles. The second-order valence-corrected chi connectivity index (χ2v) is 5.46. The highest BCUT2D eigenvalue weighted by atomic mass is 28.3. The van der Waals surface area contributed by atoms with E-state index in [1.54, 1.807) is 0 Å². The van der Waals surface area contributed by atoms with Gasteiger partial charge in [-0.05, 0) is 34.1 Å². The van der Waals surface area contributed by atoms with Crippen LogP contribution in [0.5, 0.6) is 0 Å². The van der Waals surface area contributed by atoms with Gasteiger partial charge in [-0.15, -0.1) is 0 Å². The Bertz CT molecular complexity index is 126. The molecule has 0 saturated heterocycles. The standard InChI is InChI=1S/C9H21N2Si/c1-6-9-12(10(4)7-2)11(5)8-3/h6,9H,7-8H2,1-5H3. The molecule has 0 bridgehead atoms. The second kappa shape index (κ2) is 6.40. The van der Waals surface area contributed by atoms with Gasteiger partial charge >= 0.3 is 0 Å². The lowest BCUT2D eigenvalue weighted by molar-refractivity contribution is 0.451. The summed E-state index contributed by atoms with van der Waals surface area (Å²) in [5.74, 6) is 0. The van der Waals surface area contributed by atoms with Crippen LogP contribution in [0, 0.1) is 0 Å². The quantitative estimate of drug-likeness (QED) is 0.599. The largest absolute Gasteiger partial charge is 0.311 e. The lowest BCUT2D eigenvalue weighted by atomic mass is 10.8. The van der Waals surface area contributed by atoms with Crippen molar-refractivity contribution in [2.45, 2.75) is 20.8 Å². The second-order valence-electron chi connectivity index (χ2n) is 2.89. The molecule has 0 aromatic heterocycles. The van der Waals surface area contributed by atoms with Crippen LogP contribution in [0.2, 0.25) is 0 Å². The number of hydrogen-bond donors (Lipinski definition) is 0. The fourth-order valence-electron chi connectivity index (χ4n) is 1.02. The monoisotopic (exact) mass is 185 g/mol. The van der Waals surface area contributed by atoms with Gasteiger partial charge in [0.25, 0.3) is 9.12 Å². The Morgan fingerprint density at radius 3 is 1.75 bits per heavy atom. The van der Waals surface area contributed by atoms with Gasteiger partial charge in [0, 0.05) is 0 Å². The summed E-state index contributed by atoms with van der Waals surface area (Å²) in [6.07, 6.45) is 2.16. The van der Waals surface area contributed by atoms with Crippen LogP contribution in [0.3, 0.4) is 0 Å². The van der Waals surface area contributed by atoms with Crippen molar-refractivity contribution in [1.82, 2.24) is 9.13 Å². The van der Waals surface area contributed by atoms with Crippen molar-refractivity contribution in [1.29, 1.82) is 0 Å². The Morgan fingerprint density at radius 2 is 1.50 bits per heavy atom. The summed E-state index contributed by atoms with van der Waals surface area (Å²) in [5.41, 5.74) is 2.33. The van der Waals surface area contributed by atoms with Crippen LogP contribution in [0.15, 0.2) is 11.8 Å². The first-order chi connectivity index (χ1) is 5.67. The summed E-state index contributed by atoms with van der Waals surface area (Å²) in [5, 5.41) is 0. The molecule has 0 atom stereocenters. The van der Waals surface area contributed by atoms with Crippen LogP contribution < -0.4 is 0 Å². The lowest BCUT2D eigenvalue weighted by Gasteiger charge is -2.29.